The topological polar surface area (TPSA) is 38.9 Å². The zero-order chi connectivity index (χ0) is 10.8. The number of halogens is 1. The summed E-state index contributed by atoms with van der Waals surface area (Å²) in [6.07, 6.45) is 6.24. The highest BCUT2D eigenvalue weighted by Gasteiger charge is 2.27. The summed E-state index contributed by atoms with van der Waals surface area (Å²) in [5.41, 5.74) is 7.03. The molecule has 2 nitrogen and oxygen atoms in total. The molecule has 0 bridgehead atoms. The average molecular weight is 208 g/mol. The van der Waals surface area contributed by atoms with Gasteiger partial charge in [0.2, 0.25) is 0 Å². The second-order valence-electron chi connectivity index (χ2n) is 4.63. The third-order valence-electron chi connectivity index (χ3n) is 3.32. The van der Waals surface area contributed by atoms with Crippen LogP contribution in [0.3, 0.4) is 0 Å². The molecule has 1 heterocycles. The molecule has 2 N–H and O–H groups in total. The molecule has 1 aliphatic rings. The molecule has 0 amide bonds. The summed E-state index contributed by atoms with van der Waals surface area (Å²) in [6, 6.07) is 1.72. The number of pyridine rings is 1. The van der Waals surface area contributed by atoms with Gasteiger partial charge in [0.25, 0.3) is 0 Å². The lowest BCUT2D eigenvalue weighted by atomic mass is 9.76. The van der Waals surface area contributed by atoms with Crippen molar-refractivity contribution in [1.82, 2.24) is 4.98 Å². The average Bonchev–Trinajstić information content (AvgIpc) is 2.22. The molecule has 1 aromatic heterocycles. The Morgan fingerprint density at radius 2 is 2.20 bits per heavy atom. The van der Waals surface area contributed by atoms with Crippen molar-refractivity contribution < 1.29 is 4.39 Å². The van der Waals surface area contributed by atoms with Crippen molar-refractivity contribution in [2.24, 2.45) is 11.7 Å². The van der Waals surface area contributed by atoms with Crippen molar-refractivity contribution in [3.05, 3.63) is 29.8 Å². The normalized spacial score (nSPS) is 31.5. The van der Waals surface area contributed by atoms with E-state index in [4.69, 9.17) is 5.73 Å². The van der Waals surface area contributed by atoms with Gasteiger partial charge in [0, 0.05) is 18.2 Å². The van der Waals surface area contributed by atoms with Crippen LogP contribution in [0, 0.1) is 11.7 Å². The fourth-order valence-corrected chi connectivity index (χ4v) is 2.42. The Hall–Kier alpha value is -0.960. The van der Waals surface area contributed by atoms with Crippen molar-refractivity contribution in [1.29, 1.82) is 0 Å². The van der Waals surface area contributed by atoms with Crippen LogP contribution in [-0.2, 0) is 0 Å². The van der Waals surface area contributed by atoms with Crippen LogP contribution in [0.2, 0.25) is 0 Å². The van der Waals surface area contributed by atoms with Crippen LogP contribution < -0.4 is 5.73 Å². The van der Waals surface area contributed by atoms with E-state index in [2.05, 4.69) is 11.9 Å². The SMILES string of the molecule is CC1CCC(N)C(c2cncc(F)c2)C1. The summed E-state index contributed by atoms with van der Waals surface area (Å²) in [7, 11) is 0. The minimum absolute atomic E-state index is 0.157. The first-order valence-electron chi connectivity index (χ1n) is 5.53. The summed E-state index contributed by atoms with van der Waals surface area (Å²) in [6.45, 7) is 2.23. The molecule has 1 saturated carbocycles. The Morgan fingerprint density at radius 1 is 1.40 bits per heavy atom. The van der Waals surface area contributed by atoms with Crippen molar-refractivity contribution in [2.45, 2.75) is 38.1 Å². The Balaban J connectivity index is 2.21. The minimum Gasteiger partial charge on any atom is -0.327 e. The predicted molar refractivity (Wildman–Crippen MR) is 57.9 cm³/mol. The molecule has 2 rings (SSSR count). The maximum Gasteiger partial charge on any atom is 0.141 e. The lowest BCUT2D eigenvalue weighted by Crippen LogP contribution is -2.34. The zero-order valence-electron chi connectivity index (χ0n) is 8.99. The van der Waals surface area contributed by atoms with E-state index in [0.29, 0.717) is 5.92 Å². The van der Waals surface area contributed by atoms with E-state index in [1.54, 1.807) is 12.3 Å². The highest BCUT2D eigenvalue weighted by atomic mass is 19.1. The van der Waals surface area contributed by atoms with Gasteiger partial charge in [0.1, 0.15) is 5.82 Å². The van der Waals surface area contributed by atoms with E-state index in [9.17, 15) is 4.39 Å². The predicted octanol–water partition coefficient (Wildman–Crippen LogP) is 2.45. The lowest BCUT2D eigenvalue weighted by Gasteiger charge is -2.32. The number of nitrogens with two attached hydrogens (primary N) is 1. The van der Waals surface area contributed by atoms with Crippen molar-refractivity contribution in [3.63, 3.8) is 0 Å². The first-order chi connectivity index (χ1) is 7.16. The molecule has 0 radical (unpaired) electrons. The van der Waals surface area contributed by atoms with Crippen LogP contribution in [0.25, 0.3) is 0 Å². The summed E-state index contributed by atoms with van der Waals surface area (Å²) in [4.78, 5) is 3.89. The number of rotatable bonds is 1. The highest BCUT2D eigenvalue weighted by Crippen LogP contribution is 2.34. The molecule has 1 aromatic rings. The quantitative estimate of drug-likeness (QED) is 0.770. The van der Waals surface area contributed by atoms with Crippen LogP contribution >= 0.6 is 0 Å². The summed E-state index contributed by atoms with van der Waals surface area (Å²) < 4.78 is 13.0. The standard InChI is InChI=1S/C12H17FN2/c1-8-2-3-12(14)11(4-8)9-5-10(13)7-15-6-9/h5-8,11-12H,2-4,14H2,1H3. The van der Waals surface area contributed by atoms with Gasteiger partial charge in [0.15, 0.2) is 0 Å². The van der Waals surface area contributed by atoms with Gasteiger partial charge in [-0.1, -0.05) is 6.92 Å². The van der Waals surface area contributed by atoms with Gasteiger partial charge in [0.05, 0.1) is 6.20 Å². The van der Waals surface area contributed by atoms with Gasteiger partial charge in [-0.05, 0) is 36.8 Å². The molecule has 1 fully saturated rings. The molecule has 3 heteroatoms. The molecule has 0 aliphatic heterocycles. The molecular weight excluding hydrogens is 191 g/mol. The Labute approximate surface area is 89.7 Å². The lowest BCUT2D eigenvalue weighted by molar-refractivity contribution is 0.305. The third kappa shape index (κ3) is 2.34. The molecule has 3 atom stereocenters. The fraction of sp³-hybridized carbons (Fsp3) is 0.583. The first kappa shape index (κ1) is 10.6. The Bertz CT molecular complexity index is 340. The molecule has 82 valence electrons. The number of hydrogen-bond donors (Lipinski definition) is 1. The van der Waals surface area contributed by atoms with E-state index in [-0.39, 0.29) is 17.8 Å². The molecular formula is C12H17FN2. The summed E-state index contributed by atoms with van der Waals surface area (Å²) in [5, 5.41) is 0. The van der Waals surface area contributed by atoms with Gasteiger partial charge < -0.3 is 5.73 Å². The molecule has 0 spiro atoms. The van der Waals surface area contributed by atoms with Crippen LogP contribution in [0.1, 0.15) is 37.7 Å². The second-order valence-corrected chi connectivity index (χ2v) is 4.63. The van der Waals surface area contributed by atoms with E-state index in [1.807, 2.05) is 0 Å². The monoisotopic (exact) mass is 208 g/mol. The maximum absolute atomic E-state index is 13.0. The number of aromatic nitrogens is 1. The van der Waals surface area contributed by atoms with Gasteiger partial charge in [-0.3, -0.25) is 4.98 Å². The minimum atomic E-state index is -0.266. The van der Waals surface area contributed by atoms with E-state index >= 15 is 0 Å². The zero-order valence-corrected chi connectivity index (χ0v) is 8.99. The fourth-order valence-electron chi connectivity index (χ4n) is 2.42. The molecule has 0 aromatic carbocycles. The van der Waals surface area contributed by atoms with E-state index in [0.717, 1.165) is 18.4 Å². The van der Waals surface area contributed by atoms with Crippen molar-refractivity contribution in [2.75, 3.05) is 0 Å². The van der Waals surface area contributed by atoms with Crippen LogP contribution in [-0.4, -0.2) is 11.0 Å². The molecule has 1 aliphatic carbocycles. The van der Waals surface area contributed by atoms with Crippen LogP contribution in [0.15, 0.2) is 18.5 Å². The van der Waals surface area contributed by atoms with Gasteiger partial charge in [-0.2, -0.15) is 0 Å². The maximum atomic E-state index is 13.0. The molecule has 3 unspecified atom stereocenters. The molecule has 15 heavy (non-hydrogen) atoms. The summed E-state index contributed by atoms with van der Waals surface area (Å²) >= 11 is 0. The van der Waals surface area contributed by atoms with E-state index in [1.165, 1.54) is 12.6 Å². The van der Waals surface area contributed by atoms with Crippen molar-refractivity contribution >= 4 is 0 Å². The smallest absolute Gasteiger partial charge is 0.141 e. The molecule has 0 saturated heterocycles. The second kappa shape index (κ2) is 4.27. The van der Waals surface area contributed by atoms with Crippen molar-refractivity contribution in [3.8, 4) is 0 Å². The highest BCUT2D eigenvalue weighted by molar-refractivity contribution is 5.18. The summed E-state index contributed by atoms with van der Waals surface area (Å²) in [5.74, 6) is 0.688. The first-order valence-corrected chi connectivity index (χ1v) is 5.53. The largest absolute Gasteiger partial charge is 0.327 e. The Morgan fingerprint density at radius 3 is 2.93 bits per heavy atom. The van der Waals surface area contributed by atoms with Crippen LogP contribution in [0.4, 0.5) is 4.39 Å². The van der Waals surface area contributed by atoms with Crippen LogP contribution in [0.5, 0.6) is 0 Å². The Kier molecular flexibility index (Phi) is 3.00. The number of hydrogen-bond acceptors (Lipinski definition) is 2. The van der Waals surface area contributed by atoms with E-state index < -0.39 is 0 Å². The van der Waals surface area contributed by atoms with Gasteiger partial charge in [-0.25, -0.2) is 4.39 Å². The number of nitrogens with zero attached hydrogens (tertiary/aromatic N) is 1. The third-order valence-corrected chi connectivity index (χ3v) is 3.32. The van der Waals surface area contributed by atoms with Gasteiger partial charge in [-0.15, -0.1) is 0 Å². The van der Waals surface area contributed by atoms with Gasteiger partial charge >= 0.3 is 0 Å².